The zero-order valence-corrected chi connectivity index (χ0v) is 19.6. The Labute approximate surface area is 193 Å². The molecule has 4 heterocycles. The lowest BCUT2D eigenvalue weighted by Crippen LogP contribution is -2.29. The van der Waals surface area contributed by atoms with Crippen LogP contribution in [0.2, 0.25) is 0 Å². The van der Waals surface area contributed by atoms with Crippen molar-refractivity contribution in [2.24, 2.45) is 0 Å². The summed E-state index contributed by atoms with van der Waals surface area (Å²) in [6.45, 7) is 3.70. The molecule has 1 aliphatic heterocycles. The Morgan fingerprint density at radius 1 is 1.12 bits per heavy atom. The third-order valence-corrected chi connectivity index (χ3v) is 8.26. The molecule has 0 radical (unpaired) electrons. The molecule has 0 aliphatic carbocycles. The monoisotopic (exact) mass is 464 g/mol. The fourth-order valence-electron chi connectivity index (χ4n) is 4.59. The van der Waals surface area contributed by atoms with Crippen LogP contribution in [0.25, 0.3) is 33.1 Å². The summed E-state index contributed by atoms with van der Waals surface area (Å²) in [6, 6.07) is 10.1. The number of unbranched alkanes of at least 4 members (excludes halogenated alkanes) is 1. The van der Waals surface area contributed by atoms with Crippen molar-refractivity contribution in [1.29, 1.82) is 0 Å². The molecule has 33 heavy (non-hydrogen) atoms. The van der Waals surface area contributed by atoms with Crippen LogP contribution < -0.4 is 5.73 Å². The second kappa shape index (κ2) is 8.72. The van der Waals surface area contributed by atoms with E-state index in [0.29, 0.717) is 37.4 Å². The minimum Gasteiger partial charge on any atom is -0.382 e. The Kier molecular flexibility index (Phi) is 5.76. The summed E-state index contributed by atoms with van der Waals surface area (Å²) < 4.78 is 28.4. The Balaban J connectivity index is 1.63. The average molecular weight is 465 g/mol. The normalized spacial score (nSPS) is 16.2. The van der Waals surface area contributed by atoms with E-state index < -0.39 is 10.0 Å². The van der Waals surface area contributed by atoms with Crippen LogP contribution in [0.1, 0.15) is 32.0 Å². The van der Waals surface area contributed by atoms with Gasteiger partial charge in [0.25, 0.3) is 0 Å². The summed E-state index contributed by atoms with van der Waals surface area (Å²) >= 11 is 0. The predicted molar refractivity (Wildman–Crippen MR) is 131 cm³/mol. The van der Waals surface area contributed by atoms with Crippen molar-refractivity contribution in [2.75, 3.05) is 24.6 Å². The number of pyridine rings is 2. The van der Waals surface area contributed by atoms with Gasteiger partial charge >= 0.3 is 0 Å². The molecule has 1 saturated heterocycles. The topological polar surface area (TPSA) is 107 Å². The van der Waals surface area contributed by atoms with E-state index >= 15 is 0 Å². The molecule has 4 aromatic rings. The van der Waals surface area contributed by atoms with Gasteiger partial charge < -0.3 is 10.3 Å². The van der Waals surface area contributed by atoms with Crippen LogP contribution in [0.5, 0.6) is 0 Å². The van der Waals surface area contributed by atoms with Crippen molar-refractivity contribution in [3.63, 3.8) is 0 Å². The molecule has 0 spiro atoms. The number of imidazole rings is 1. The minimum atomic E-state index is -3.15. The van der Waals surface area contributed by atoms with Crippen molar-refractivity contribution < 1.29 is 8.42 Å². The number of sulfonamides is 1. The largest absolute Gasteiger partial charge is 0.382 e. The molecule has 172 valence electrons. The maximum atomic E-state index is 12.3. The van der Waals surface area contributed by atoms with Gasteiger partial charge in [0.05, 0.1) is 16.8 Å². The van der Waals surface area contributed by atoms with Gasteiger partial charge in [0.2, 0.25) is 10.0 Å². The van der Waals surface area contributed by atoms with E-state index in [2.05, 4.69) is 33.6 Å². The molecule has 0 amide bonds. The van der Waals surface area contributed by atoms with Crippen LogP contribution in [0, 0.1) is 0 Å². The highest BCUT2D eigenvalue weighted by Gasteiger charge is 2.28. The van der Waals surface area contributed by atoms with Crippen molar-refractivity contribution in [2.45, 2.75) is 39.2 Å². The van der Waals surface area contributed by atoms with Crippen LogP contribution in [0.15, 0.2) is 42.7 Å². The first-order valence-corrected chi connectivity index (χ1v) is 13.1. The average Bonchev–Trinajstić information content (AvgIpc) is 3.36. The van der Waals surface area contributed by atoms with Crippen LogP contribution in [0.4, 0.5) is 5.82 Å². The van der Waals surface area contributed by atoms with Gasteiger partial charge in [-0.05, 0) is 30.5 Å². The SMILES string of the molecule is CCCCc1nc2c(N)nc3cc(-c4cccnc4)ccc3c2n1CCN1CCCS1(=O)=O. The number of nitrogens with zero attached hydrogens (tertiary/aromatic N) is 5. The Morgan fingerprint density at radius 2 is 2.00 bits per heavy atom. The van der Waals surface area contributed by atoms with E-state index in [-0.39, 0.29) is 5.75 Å². The minimum absolute atomic E-state index is 0.233. The smallest absolute Gasteiger partial charge is 0.214 e. The molecule has 0 atom stereocenters. The first-order valence-electron chi connectivity index (χ1n) is 11.4. The van der Waals surface area contributed by atoms with E-state index in [4.69, 9.17) is 10.7 Å². The van der Waals surface area contributed by atoms with Gasteiger partial charge in [0.15, 0.2) is 5.82 Å². The second-order valence-electron chi connectivity index (χ2n) is 8.52. The zero-order chi connectivity index (χ0) is 23.0. The maximum Gasteiger partial charge on any atom is 0.214 e. The zero-order valence-electron chi connectivity index (χ0n) is 18.7. The Morgan fingerprint density at radius 3 is 2.73 bits per heavy atom. The number of benzene rings is 1. The number of fused-ring (bicyclic) bond motifs is 3. The third-order valence-electron chi connectivity index (χ3n) is 6.31. The number of hydrogen-bond acceptors (Lipinski definition) is 6. The second-order valence-corrected chi connectivity index (χ2v) is 10.6. The number of nitrogens with two attached hydrogens (primary N) is 1. The van der Waals surface area contributed by atoms with E-state index in [1.807, 2.05) is 24.4 Å². The first kappa shape index (κ1) is 21.8. The van der Waals surface area contributed by atoms with Gasteiger partial charge in [-0.3, -0.25) is 4.98 Å². The van der Waals surface area contributed by atoms with Crippen molar-refractivity contribution in [3.05, 3.63) is 48.5 Å². The van der Waals surface area contributed by atoms with Gasteiger partial charge in [-0.15, -0.1) is 0 Å². The van der Waals surface area contributed by atoms with E-state index in [0.717, 1.165) is 52.6 Å². The Bertz CT molecular complexity index is 1420. The molecule has 1 aliphatic rings. The van der Waals surface area contributed by atoms with Gasteiger partial charge in [0.1, 0.15) is 11.3 Å². The van der Waals surface area contributed by atoms with E-state index in [1.54, 1.807) is 10.5 Å². The molecule has 9 heteroatoms. The molecular formula is C24H28N6O2S. The van der Waals surface area contributed by atoms with Crippen molar-refractivity contribution in [3.8, 4) is 11.1 Å². The predicted octanol–water partition coefficient (Wildman–Crippen LogP) is 3.61. The summed E-state index contributed by atoms with van der Waals surface area (Å²) in [5.74, 6) is 1.56. The summed E-state index contributed by atoms with van der Waals surface area (Å²) in [6.07, 6.45) is 7.13. The molecule has 8 nitrogen and oxygen atoms in total. The number of anilines is 1. The van der Waals surface area contributed by atoms with Crippen LogP contribution in [-0.2, 0) is 23.0 Å². The highest BCUT2D eigenvalue weighted by molar-refractivity contribution is 7.89. The lowest BCUT2D eigenvalue weighted by atomic mass is 10.0. The molecule has 0 bridgehead atoms. The van der Waals surface area contributed by atoms with Gasteiger partial charge in [-0.1, -0.05) is 31.5 Å². The lowest BCUT2D eigenvalue weighted by molar-refractivity contribution is 0.419. The number of hydrogen-bond donors (Lipinski definition) is 1. The van der Waals surface area contributed by atoms with Crippen LogP contribution in [-0.4, -0.2) is 51.1 Å². The fraction of sp³-hybridized carbons (Fsp3) is 0.375. The third kappa shape index (κ3) is 4.06. The lowest BCUT2D eigenvalue weighted by Gasteiger charge is -2.17. The summed E-state index contributed by atoms with van der Waals surface area (Å²) in [5.41, 5.74) is 10.8. The fourth-order valence-corrected chi connectivity index (χ4v) is 6.11. The molecule has 3 aromatic heterocycles. The van der Waals surface area contributed by atoms with E-state index in [9.17, 15) is 8.42 Å². The summed E-state index contributed by atoms with van der Waals surface area (Å²) in [5, 5.41) is 0.964. The van der Waals surface area contributed by atoms with E-state index in [1.165, 1.54) is 0 Å². The van der Waals surface area contributed by atoms with Gasteiger partial charge in [0, 0.05) is 49.4 Å². The van der Waals surface area contributed by atoms with Crippen molar-refractivity contribution >= 4 is 37.8 Å². The molecule has 1 fully saturated rings. The number of rotatable bonds is 7. The van der Waals surface area contributed by atoms with Crippen LogP contribution >= 0.6 is 0 Å². The number of nitrogen functional groups attached to an aromatic ring is 1. The number of aryl methyl sites for hydroxylation is 1. The highest BCUT2D eigenvalue weighted by atomic mass is 32.2. The number of aromatic nitrogens is 4. The summed E-state index contributed by atoms with van der Waals surface area (Å²) in [7, 11) is -3.15. The van der Waals surface area contributed by atoms with Crippen LogP contribution in [0.3, 0.4) is 0 Å². The molecule has 2 N–H and O–H groups in total. The van der Waals surface area contributed by atoms with Crippen molar-refractivity contribution in [1.82, 2.24) is 23.8 Å². The first-order chi connectivity index (χ1) is 16.0. The van der Waals surface area contributed by atoms with Gasteiger partial charge in [-0.2, -0.15) is 0 Å². The van der Waals surface area contributed by atoms with Gasteiger partial charge in [-0.25, -0.2) is 22.7 Å². The summed E-state index contributed by atoms with van der Waals surface area (Å²) in [4.78, 5) is 13.7. The standard InChI is InChI=1S/C24H28N6O2S/c1-2-3-7-21-28-22-23(30(21)13-12-29-11-5-14-33(29,31)32)19-9-8-17(15-20(19)27-24(22)25)18-6-4-10-26-16-18/h4,6,8-10,15-16H,2-3,5,7,11-14H2,1H3,(H2,25,27). The Hall–Kier alpha value is -3.04. The molecule has 5 rings (SSSR count). The molecule has 1 aromatic carbocycles. The molecule has 0 unspecified atom stereocenters. The molecule has 0 saturated carbocycles. The maximum absolute atomic E-state index is 12.3. The molecular weight excluding hydrogens is 436 g/mol. The highest BCUT2D eigenvalue weighted by Crippen LogP contribution is 2.32. The quantitative estimate of drug-likeness (QED) is 0.448.